The molecule has 0 spiro atoms. The van der Waals surface area contributed by atoms with Crippen molar-refractivity contribution in [3.05, 3.63) is 86.3 Å². The highest BCUT2D eigenvalue weighted by atomic mass is 35.5. The number of alkyl halides is 2. The van der Waals surface area contributed by atoms with Crippen LogP contribution in [0, 0.1) is 11.1 Å². The summed E-state index contributed by atoms with van der Waals surface area (Å²) in [6.07, 6.45) is 2.69. The van der Waals surface area contributed by atoms with E-state index in [0.717, 1.165) is 29.5 Å². The second-order valence-corrected chi connectivity index (χ2v) is 16.2. The Morgan fingerprint density at radius 3 is 2.35 bits per heavy atom. The number of carbonyl (C=O) groups is 2. The fourth-order valence-electron chi connectivity index (χ4n) is 5.81. The monoisotopic (exact) mass is 858 g/mol. The van der Waals surface area contributed by atoms with Gasteiger partial charge in [0.1, 0.15) is 40.7 Å². The number of rotatable bonds is 19. The maximum atomic E-state index is 14.0. The Labute approximate surface area is 341 Å². The Morgan fingerprint density at radius 1 is 1.04 bits per heavy atom. The Morgan fingerprint density at radius 2 is 1.72 bits per heavy atom. The number of benzene rings is 2. The zero-order valence-electron chi connectivity index (χ0n) is 31.6. The van der Waals surface area contributed by atoms with Crippen molar-refractivity contribution in [3.8, 4) is 17.2 Å². The van der Waals surface area contributed by atoms with Crippen molar-refractivity contribution in [1.29, 1.82) is 0 Å². The number of morpholine rings is 1. The van der Waals surface area contributed by atoms with Gasteiger partial charge in [-0.25, -0.2) is 9.10 Å². The summed E-state index contributed by atoms with van der Waals surface area (Å²) in [7, 11) is 0. The lowest BCUT2D eigenvalue weighted by molar-refractivity contribution is -0.605. The van der Waals surface area contributed by atoms with Gasteiger partial charge in [-0.1, -0.05) is 29.3 Å². The van der Waals surface area contributed by atoms with Gasteiger partial charge in [0, 0.05) is 55.0 Å². The second-order valence-electron chi connectivity index (χ2n) is 14.5. The van der Waals surface area contributed by atoms with Crippen molar-refractivity contribution in [2.24, 2.45) is 5.92 Å². The van der Waals surface area contributed by atoms with Crippen molar-refractivity contribution < 1.29 is 60.3 Å². The number of ether oxygens (including phenoxy) is 6. The van der Waals surface area contributed by atoms with Gasteiger partial charge in [-0.3, -0.25) is 13.9 Å². The molecule has 312 valence electrons. The molecule has 0 N–H and O–H groups in total. The SMILES string of the molecule is CC(C)(C)OC(=O)CN(Cc1cc(C(=O)O[C@@H](Cc2c(Cl)c[n+]([O-])cc2Cl)c2ccc(OC(F)F)c(OCC3CC3)c2)ccc1OCCN1CCOCC1)S(=O)[O-]. The first-order chi connectivity index (χ1) is 27.0. The zero-order chi connectivity index (χ0) is 41.3. The minimum absolute atomic E-state index is 0.0000336. The lowest BCUT2D eigenvalue weighted by Crippen LogP contribution is -2.38. The van der Waals surface area contributed by atoms with Gasteiger partial charge < -0.3 is 38.2 Å². The molecule has 19 heteroatoms. The molecule has 2 atom stereocenters. The van der Waals surface area contributed by atoms with Gasteiger partial charge in [0.2, 0.25) is 0 Å². The van der Waals surface area contributed by atoms with Crippen molar-refractivity contribution in [2.75, 3.05) is 52.6 Å². The van der Waals surface area contributed by atoms with Crippen molar-refractivity contribution in [2.45, 2.75) is 64.9 Å². The fourth-order valence-corrected chi connectivity index (χ4v) is 6.86. The molecule has 2 fully saturated rings. The van der Waals surface area contributed by atoms with Crippen LogP contribution in [0.4, 0.5) is 8.78 Å². The lowest BCUT2D eigenvalue weighted by Gasteiger charge is -2.28. The number of nitrogens with zero attached hydrogens (tertiary/aromatic N) is 3. The van der Waals surface area contributed by atoms with E-state index in [1.54, 1.807) is 20.8 Å². The Balaban J connectivity index is 1.46. The summed E-state index contributed by atoms with van der Waals surface area (Å²) < 4.78 is 86.1. The number of halogens is 4. The van der Waals surface area contributed by atoms with Crippen LogP contribution in [0.3, 0.4) is 0 Å². The quantitative estimate of drug-likeness (QED) is 0.0617. The third-order valence-corrected chi connectivity index (χ3v) is 10.1. The van der Waals surface area contributed by atoms with Crippen LogP contribution in [-0.2, 0) is 43.2 Å². The van der Waals surface area contributed by atoms with Crippen molar-refractivity contribution in [1.82, 2.24) is 9.21 Å². The van der Waals surface area contributed by atoms with Gasteiger partial charge in [-0.05, 0) is 75.4 Å². The van der Waals surface area contributed by atoms with E-state index in [1.165, 1.54) is 36.4 Å². The summed E-state index contributed by atoms with van der Waals surface area (Å²) in [6, 6.07) is 8.45. The van der Waals surface area contributed by atoms with E-state index in [4.69, 9.17) is 51.6 Å². The maximum absolute atomic E-state index is 14.0. The summed E-state index contributed by atoms with van der Waals surface area (Å²) in [5.41, 5.74) is -0.0809. The van der Waals surface area contributed by atoms with Crippen LogP contribution in [0.25, 0.3) is 0 Å². The van der Waals surface area contributed by atoms with Crippen molar-refractivity contribution in [3.63, 3.8) is 0 Å². The minimum Gasteiger partial charge on any atom is -0.760 e. The molecule has 3 aromatic rings. The van der Waals surface area contributed by atoms with Crippen LogP contribution >= 0.6 is 23.2 Å². The molecule has 2 aromatic carbocycles. The molecular formula is C38H44Cl2F2N3O11S-. The number of hydrogen-bond donors (Lipinski definition) is 0. The van der Waals surface area contributed by atoms with E-state index in [0.29, 0.717) is 43.1 Å². The first kappa shape index (κ1) is 44.3. The number of pyridine rings is 1. The van der Waals surface area contributed by atoms with Crippen LogP contribution in [0.5, 0.6) is 17.2 Å². The van der Waals surface area contributed by atoms with Gasteiger partial charge in [-0.2, -0.15) is 13.5 Å². The smallest absolute Gasteiger partial charge is 0.387 e. The summed E-state index contributed by atoms with van der Waals surface area (Å²) in [4.78, 5) is 28.8. The third-order valence-electron chi connectivity index (χ3n) is 8.77. The molecule has 2 heterocycles. The lowest BCUT2D eigenvalue weighted by atomic mass is 10.0. The van der Waals surface area contributed by atoms with E-state index in [9.17, 15) is 32.3 Å². The summed E-state index contributed by atoms with van der Waals surface area (Å²) in [5.74, 6) is -1.36. The first-order valence-electron chi connectivity index (χ1n) is 18.2. The molecule has 1 aliphatic heterocycles. The molecule has 1 unspecified atom stereocenters. The highest BCUT2D eigenvalue weighted by Gasteiger charge is 2.28. The predicted molar refractivity (Wildman–Crippen MR) is 203 cm³/mol. The van der Waals surface area contributed by atoms with E-state index in [-0.39, 0.29) is 76.1 Å². The average Bonchev–Trinajstić information content (AvgIpc) is 3.96. The van der Waals surface area contributed by atoms with Crippen LogP contribution in [0.15, 0.2) is 48.8 Å². The van der Waals surface area contributed by atoms with Gasteiger partial charge in [0.05, 0.1) is 25.4 Å². The molecule has 2 aliphatic rings. The normalized spacial score (nSPS) is 16.0. The molecule has 0 amide bonds. The molecule has 1 aromatic heterocycles. The van der Waals surface area contributed by atoms with Crippen molar-refractivity contribution >= 4 is 46.4 Å². The number of aromatic nitrogens is 1. The standard InChI is InChI=1S/C38H45Cl2F2N3O11S/c1-38(2,3)56-35(46)22-45(57(49)50)19-27-16-26(7-8-31(27)52-15-12-43-10-13-51-14-11-43)36(47)54-33(18-28-29(39)20-44(48)21-30(28)40)25-6-9-32(55-37(41)42)34(17-25)53-23-24-4-5-24/h6-9,16-17,20-21,24,33,37H,4-5,10-15,18-19,22-23H2,1-3H3,(H,49,50)/p-1/t33-/m0/s1. The fraction of sp³-hybridized carbons (Fsp3) is 0.500. The van der Waals surface area contributed by atoms with Gasteiger partial charge in [0.25, 0.3) is 0 Å². The predicted octanol–water partition coefficient (Wildman–Crippen LogP) is 5.81. The van der Waals surface area contributed by atoms with Crippen LogP contribution in [0.2, 0.25) is 10.0 Å². The van der Waals surface area contributed by atoms with E-state index < -0.39 is 48.1 Å². The second kappa shape index (κ2) is 20.2. The van der Waals surface area contributed by atoms with Crippen LogP contribution < -0.4 is 18.9 Å². The third kappa shape index (κ3) is 13.9. The summed E-state index contributed by atoms with van der Waals surface area (Å²) >= 11 is 9.94. The highest BCUT2D eigenvalue weighted by Crippen LogP contribution is 2.38. The maximum Gasteiger partial charge on any atom is 0.387 e. The molecule has 0 radical (unpaired) electrons. The number of carbonyl (C=O) groups excluding carboxylic acids is 2. The number of esters is 2. The summed E-state index contributed by atoms with van der Waals surface area (Å²) in [5, 5.41) is 12.0. The molecule has 1 saturated heterocycles. The van der Waals surface area contributed by atoms with E-state index in [2.05, 4.69) is 4.90 Å². The molecule has 0 bridgehead atoms. The van der Waals surface area contributed by atoms with Gasteiger partial charge in [-0.15, -0.1) is 0 Å². The summed E-state index contributed by atoms with van der Waals surface area (Å²) in [6.45, 7) is 4.48. The van der Waals surface area contributed by atoms with Crippen LogP contribution in [-0.4, -0.2) is 94.7 Å². The zero-order valence-corrected chi connectivity index (χ0v) is 33.9. The van der Waals surface area contributed by atoms with Crippen LogP contribution in [0.1, 0.15) is 66.8 Å². The van der Waals surface area contributed by atoms with E-state index >= 15 is 0 Å². The van der Waals surface area contributed by atoms with E-state index in [1.807, 2.05) is 0 Å². The molecule has 14 nitrogen and oxygen atoms in total. The van der Waals surface area contributed by atoms with Gasteiger partial charge >= 0.3 is 18.6 Å². The molecular weight excluding hydrogens is 815 g/mol. The topological polar surface area (TPSA) is 163 Å². The first-order valence-corrected chi connectivity index (χ1v) is 19.9. The Hall–Kier alpha value is -3.84. The average molecular weight is 860 g/mol. The Kier molecular flexibility index (Phi) is 15.7. The largest absolute Gasteiger partial charge is 0.760 e. The Bertz CT molecular complexity index is 1870. The molecule has 57 heavy (non-hydrogen) atoms. The number of hydrogen-bond acceptors (Lipinski definition) is 12. The van der Waals surface area contributed by atoms with Gasteiger partial charge in [0.15, 0.2) is 23.9 Å². The molecule has 1 aliphatic carbocycles. The minimum atomic E-state index is -3.13. The molecule has 1 saturated carbocycles. The molecule has 5 rings (SSSR count). The highest BCUT2D eigenvalue weighted by molar-refractivity contribution is 7.76.